The van der Waals surface area contributed by atoms with Crippen LogP contribution in [0.5, 0.6) is 0 Å². The molecule has 0 fully saturated rings. The molecule has 152 valence electrons. The normalized spacial score (nSPS) is 17.8. The van der Waals surface area contributed by atoms with Gasteiger partial charge < -0.3 is 14.6 Å². The summed E-state index contributed by atoms with van der Waals surface area (Å²) in [6.45, 7) is 4.62. The van der Waals surface area contributed by atoms with E-state index in [-0.39, 0.29) is 29.7 Å². The van der Waals surface area contributed by atoms with Crippen LogP contribution in [-0.4, -0.2) is 30.8 Å². The van der Waals surface area contributed by atoms with E-state index < -0.39 is 5.97 Å². The molecule has 1 aliphatic carbocycles. The minimum atomic E-state index is -0.971. The largest absolute Gasteiger partial charge is 0.478 e. The zero-order chi connectivity index (χ0) is 21.0. The fraction of sp³-hybridized carbons (Fsp3) is 0.333. The monoisotopic (exact) mass is 394 g/mol. The Kier molecular flexibility index (Phi) is 6.30. The highest BCUT2D eigenvalue weighted by molar-refractivity contribution is 6.07. The molecule has 0 amide bonds. The lowest BCUT2D eigenvalue weighted by Gasteiger charge is -2.37. The minimum Gasteiger partial charge on any atom is -0.478 e. The molecule has 3 rings (SSSR count). The van der Waals surface area contributed by atoms with Crippen molar-refractivity contribution in [1.82, 2.24) is 0 Å². The molecule has 29 heavy (non-hydrogen) atoms. The van der Waals surface area contributed by atoms with E-state index in [2.05, 4.69) is 13.8 Å². The third kappa shape index (κ3) is 4.81. The quantitative estimate of drug-likeness (QED) is 0.406. The van der Waals surface area contributed by atoms with Gasteiger partial charge in [-0.1, -0.05) is 44.2 Å². The molecule has 1 unspecified atom stereocenters. The average molecular weight is 394 g/mol. The molecule has 0 saturated carbocycles. The van der Waals surface area contributed by atoms with Gasteiger partial charge in [0.05, 0.1) is 11.7 Å². The van der Waals surface area contributed by atoms with E-state index in [0.29, 0.717) is 5.56 Å². The van der Waals surface area contributed by atoms with Crippen molar-refractivity contribution in [2.45, 2.75) is 38.2 Å². The zero-order valence-corrected chi connectivity index (χ0v) is 17.0. The number of benzene rings is 2. The van der Waals surface area contributed by atoms with E-state index in [9.17, 15) is 9.59 Å². The third-order valence-electron chi connectivity index (χ3n) is 5.42. The predicted molar refractivity (Wildman–Crippen MR) is 111 cm³/mol. The Morgan fingerprint density at radius 1 is 1.14 bits per heavy atom. The highest BCUT2D eigenvalue weighted by Gasteiger charge is 2.33. The van der Waals surface area contributed by atoms with E-state index in [1.54, 1.807) is 25.3 Å². The van der Waals surface area contributed by atoms with Gasteiger partial charge in [0.25, 0.3) is 0 Å². The number of ketones is 1. The molecule has 1 atom stereocenters. The van der Waals surface area contributed by atoms with Crippen molar-refractivity contribution in [3.63, 3.8) is 0 Å². The predicted octanol–water partition coefficient (Wildman–Crippen LogP) is 5.01. The fourth-order valence-electron chi connectivity index (χ4n) is 3.69. The highest BCUT2D eigenvalue weighted by Crippen LogP contribution is 2.43. The maximum absolute atomic E-state index is 12.7. The van der Waals surface area contributed by atoms with Crippen molar-refractivity contribution >= 4 is 17.8 Å². The lowest BCUT2D eigenvalue weighted by Crippen LogP contribution is -2.28. The molecule has 0 spiro atoms. The zero-order valence-electron chi connectivity index (χ0n) is 17.0. The number of hydrogen-bond donors (Lipinski definition) is 1. The first-order valence-electron chi connectivity index (χ1n) is 9.62. The minimum absolute atomic E-state index is 0.0228. The number of allylic oxidation sites excluding steroid dienone is 1. The van der Waals surface area contributed by atoms with Crippen LogP contribution in [0.15, 0.2) is 48.5 Å². The van der Waals surface area contributed by atoms with Gasteiger partial charge in [0.1, 0.15) is 6.79 Å². The van der Waals surface area contributed by atoms with Crippen molar-refractivity contribution < 1.29 is 24.2 Å². The summed E-state index contributed by atoms with van der Waals surface area (Å²) in [5.41, 5.74) is 3.83. The van der Waals surface area contributed by atoms with Crippen LogP contribution in [0.1, 0.15) is 70.2 Å². The van der Waals surface area contributed by atoms with Crippen molar-refractivity contribution in [3.8, 4) is 0 Å². The molecule has 0 heterocycles. The van der Waals surface area contributed by atoms with E-state index in [0.717, 1.165) is 29.5 Å². The second kappa shape index (κ2) is 8.72. The van der Waals surface area contributed by atoms with Gasteiger partial charge in [-0.05, 0) is 59.2 Å². The summed E-state index contributed by atoms with van der Waals surface area (Å²) in [6.07, 6.45) is 5.08. The number of hydrogen-bond acceptors (Lipinski definition) is 4. The molecule has 1 aliphatic rings. The maximum Gasteiger partial charge on any atom is 0.335 e. The molecule has 5 heteroatoms. The molecular formula is C24H26O5. The molecule has 1 N–H and O–H groups in total. The third-order valence-corrected chi connectivity index (χ3v) is 5.42. The number of carbonyl (C=O) groups excluding carboxylic acids is 1. The summed E-state index contributed by atoms with van der Waals surface area (Å²) >= 11 is 0. The number of ether oxygens (including phenoxy) is 2. The van der Waals surface area contributed by atoms with Gasteiger partial charge in [0.15, 0.2) is 5.78 Å². The molecule has 0 bridgehead atoms. The van der Waals surface area contributed by atoms with E-state index >= 15 is 0 Å². The Labute approximate surface area is 171 Å². The SMILES string of the molecule is COCOC1CCC(C)(C)c2cc(C(=O)/C=C/c3ccc(C(=O)O)cc3)ccc21. The standard InChI is InChI=1S/C24H26O5/c1-24(2)13-12-22(29-15-28-3)19-10-9-18(14-20(19)24)21(25)11-6-16-4-7-17(8-5-16)23(26)27/h4-11,14,22H,12-13,15H2,1-3H3,(H,26,27)/b11-6+. The van der Waals surface area contributed by atoms with Crippen molar-refractivity contribution in [3.05, 3.63) is 76.4 Å². The number of aromatic carboxylic acids is 1. The Morgan fingerprint density at radius 3 is 2.48 bits per heavy atom. The van der Waals surface area contributed by atoms with Crippen LogP contribution in [0.25, 0.3) is 6.08 Å². The Bertz CT molecular complexity index is 925. The number of fused-ring (bicyclic) bond motifs is 1. The van der Waals surface area contributed by atoms with Crippen LogP contribution in [0.3, 0.4) is 0 Å². The number of carboxylic acids is 1. The average Bonchev–Trinajstić information content (AvgIpc) is 2.71. The second-order valence-electron chi connectivity index (χ2n) is 7.91. The van der Waals surface area contributed by atoms with Crippen LogP contribution in [0, 0.1) is 0 Å². The first-order valence-corrected chi connectivity index (χ1v) is 9.62. The first-order chi connectivity index (χ1) is 13.8. The number of rotatable bonds is 7. The smallest absolute Gasteiger partial charge is 0.335 e. The molecule has 2 aromatic carbocycles. The Balaban J connectivity index is 1.82. The number of carboxylic acid groups (broad SMARTS) is 1. The summed E-state index contributed by atoms with van der Waals surface area (Å²) in [4.78, 5) is 23.6. The topological polar surface area (TPSA) is 72.8 Å². The molecule has 5 nitrogen and oxygen atoms in total. The highest BCUT2D eigenvalue weighted by atomic mass is 16.7. The van der Waals surface area contributed by atoms with E-state index in [4.69, 9.17) is 14.6 Å². The molecule has 0 aromatic heterocycles. The van der Waals surface area contributed by atoms with Gasteiger partial charge in [-0.25, -0.2) is 4.79 Å². The maximum atomic E-state index is 12.7. The molecule has 2 aromatic rings. The summed E-state index contributed by atoms with van der Waals surface area (Å²) in [5.74, 6) is -1.06. The lowest BCUT2D eigenvalue weighted by molar-refractivity contribution is -0.0808. The summed E-state index contributed by atoms with van der Waals surface area (Å²) in [7, 11) is 1.61. The second-order valence-corrected chi connectivity index (χ2v) is 7.91. The van der Waals surface area contributed by atoms with Crippen LogP contribution >= 0.6 is 0 Å². The lowest BCUT2D eigenvalue weighted by atomic mass is 9.71. The van der Waals surface area contributed by atoms with E-state index in [1.165, 1.54) is 18.2 Å². The Morgan fingerprint density at radius 2 is 1.83 bits per heavy atom. The van der Waals surface area contributed by atoms with Crippen LogP contribution < -0.4 is 0 Å². The Hall–Kier alpha value is -2.76. The molecular weight excluding hydrogens is 368 g/mol. The van der Waals surface area contributed by atoms with Gasteiger partial charge in [-0.3, -0.25) is 4.79 Å². The van der Waals surface area contributed by atoms with Gasteiger partial charge in [-0.2, -0.15) is 0 Å². The van der Waals surface area contributed by atoms with Gasteiger partial charge >= 0.3 is 5.97 Å². The van der Waals surface area contributed by atoms with Gasteiger partial charge in [-0.15, -0.1) is 0 Å². The van der Waals surface area contributed by atoms with Crippen LogP contribution in [-0.2, 0) is 14.9 Å². The molecule has 0 aliphatic heterocycles. The van der Waals surface area contributed by atoms with Crippen LogP contribution in [0.4, 0.5) is 0 Å². The number of methoxy groups -OCH3 is 1. The molecule has 0 radical (unpaired) electrons. The van der Waals surface area contributed by atoms with Crippen molar-refractivity contribution in [2.24, 2.45) is 0 Å². The summed E-state index contributed by atoms with van der Waals surface area (Å²) in [5, 5.41) is 8.96. The van der Waals surface area contributed by atoms with Gasteiger partial charge in [0, 0.05) is 12.7 Å². The molecule has 0 saturated heterocycles. The fourth-order valence-corrected chi connectivity index (χ4v) is 3.69. The van der Waals surface area contributed by atoms with Crippen LogP contribution in [0.2, 0.25) is 0 Å². The van der Waals surface area contributed by atoms with Gasteiger partial charge in [0.2, 0.25) is 0 Å². The van der Waals surface area contributed by atoms with Crippen molar-refractivity contribution in [2.75, 3.05) is 13.9 Å². The van der Waals surface area contributed by atoms with Crippen molar-refractivity contribution in [1.29, 1.82) is 0 Å². The summed E-state index contributed by atoms with van der Waals surface area (Å²) < 4.78 is 10.9. The van der Waals surface area contributed by atoms with E-state index in [1.807, 2.05) is 18.2 Å². The first kappa shape index (κ1) is 21.0. The summed E-state index contributed by atoms with van der Waals surface area (Å²) in [6, 6.07) is 12.2. The number of carbonyl (C=O) groups is 2.